The van der Waals surface area contributed by atoms with Gasteiger partial charge in [-0.25, -0.2) is 9.59 Å². The SMILES string of the molecule is Cc1sc(C(=O)O)cc1CN1C[C@H]2C[C@@H](O)CC[C@H]2C1.O=C(O)C(F)(F)F. The molecule has 1 saturated carbocycles. The number of aryl methyl sites for hydroxylation is 1. The van der Waals surface area contributed by atoms with Gasteiger partial charge in [0.1, 0.15) is 4.88 Å². The van der Waals surface area contributed by atoms with E-state index < -0.39 is 18.1 Å². The van der Waals surface area contributed by atoms with Gasteiger partial charge >= 0.3 is 18.1 Å². The van der Waals surface area contributed by atoms with Crippen molar-refractivity contribution in [3.05, 3.63) is 21.4 Å². The minimum Gasteiger partial charge on any atom is -0.477 e. The van der Waals surface area contributed by atoms with E-state index in [2.05, 4.69) is 4.90 Å². The van der Waals surface area contributed by atoms with Crippen LogP contribution in [0, 0.1) is 18.8 Å². The lowest BCUT2D eigenvalue weighted by Crippen LogP contribution is -2.26. The molecule has 152 valence electrons. The Labute approximate surface area is 158 Å². The fourth-order valence-corrected chi connectivity index (χ4v) is 4.53. The zero-order chi connectivity index (χ0) is 20.4. The molecule has 27 heavy (non-hydrogen) atoms. The normalized spacial score (nSPS) is 25.4. The molecule has 0 unspecified atom stereocenters. The summed E-state index contributed by atoms with van der Waals surface area (Å²) in [6, 6.07) is 1.82. The number of aromatic carboxylic acids is 1. The van der Waals surface area contributed by atoms with Crippen LogP contribution in [0.1, 0.15) is 39.4 Å². The van der Waals surface area contributed by atoms with Gasteiger partial charge in [-0.2, -0.15) is 13.2 Å². The molecule has 10 heteroatoms. The highest BCUT2D eigenvalue weighted by Crippen LogP contribution is 2.37. The molecule has 2 heterocycles. The average molecular weight is 409 g/mol. The molecule has 6 nitrogen and oxygen atoms in total. The first kappa shape index (κ1) is 21.6. The summed E-state index contributed by atoms with van der Waals surface area (Å²) in [6.07, 6.45) is -2.19. The molecule has 0 aromatic carbocycles. The summed E-state index contributed by atoms with van der Waals surface area (Å²) in [7, 11) is 0. The van der Waals surface area contributed by atoms with Crippen LogP contribution in [0.3, 0.4) is 0 Å². The van der Waals surface area contributed by atoms with Crippen LogP contribution in [0.2, 0.25) is 0 Å². The van der Waals surface area contributed by atoms with E-state index in [9.17, 15) is 23.1 Å². The number of thiophene rings is 1. The molecular formula is C17H22F3NO5S. The van der Waals surface area contributed by atoms with Crippen molar-refractivity contribution in [3.8, 4) is 0 Å². The molecule has 0 bridgehead atoms. The smallest absolute Gasteiger partial charge is 0.477 e. The third kappa shape index (κ3) is 5.91. The lowest BCUT2D eigenvalue weighted by atomic mass is 9.80. The lowest BCUT2D eigenvalue weighted by molar-refractivity contribution is -0.192. The van der Waals surface area contributed by atoms with E-state index in [1.165, 1.54) is 11.3 Å². The summed E-state index contributed by atoms with van der Waals surface area (Å²) in [5, 5.41) is 25.9. The van der Waals surface area contributed by atoms with Crippen molar-refractivity contribution >= 4 is 23.3 Å². The van der Waals surface area contributed by atoms with Gasteiger partial charge in [-0.15, -0.1) is 11.3 Å². The molecule has 2 fully saturated rings. The van der Waals surface area contributed by atoms with Crippen LogP contribution in [0.15, 0.2) is 6.07 Å². The van der Waals surface area contributed by atoms with E-state index in [0.29, 0.717) is 10.8 Å². The summed E-state index contributed by atoms with van der Waals surface area (Å²) in [5.41, 5.74) is 1.14. The molecule has 1 aliphatic heterocycles. The standard InChI is InChI=1S/C15H21NO3S.C2HF3O2/c1-9-11(5-14(20-9)15(18)19)7-16-6-10-2-3-13(17)4-12(10)8-16;3-2(4,5)1(6)7/h5,10,12-13,17H,2-4,6-8H2,1H3,(H,18,19);(H,6,7)/t10-,12+,13-;/m0./s1. The van der Waals surface area contributed by atoms with Crippen molar-refractivity contribution in [2.24, 2.45) is 11.8 Å². The van der Waals surface area contributed by atoms with Crippen molar-refractivity contribution < 1.29 is 38.1 Å². The lowest BCUT2D eigenvalue weighted by Gasteiger charge is -2.27. The van der Waals surface area contributed by atoms with Crippen molar-refractivity contribution in [2.45, 2.75) is 45.0 Å². The van der Waals surface area contributed by atoms with Crippen LogP contribution in [0.25, 0.3) is 0 Å². The van der Waals surface area contributed by atoms with Gasteiger partial charge in [0.15, 0.2) is 0 Å². The maximum absolute atomic E-state index is 11.0. The number of aliphatic hydroxyl groups excluding tert-OH is 1. The summed E-state index contributed by atoms with van der Waals surface area (Å²) in [5.74, 6) is -2.25. The number of hydrogen-bond donors (Lipinski definition) is 3. The molecule has 1 aromatic rings. The highest BCUT2D eigenvalue weighted by Gasteiger charge is 2.38. The Bertz CT molecular complexity index is 691. The van der Waals surface area contributed by atoms with E-state index in [-0.39, 0.29) is 6.10 Å². The monoisotopic (exact) mass is 409 g/mol. The number of nitrogens with zero attached hydrogens (tertiary/aromatic N) is 1. The number of carbonyl (C=O) groups is 2. The first-order valence-electron chi connectivity index (χ1n) is 8.50. The Kier molecular flexibility index (Phi) is 6.87. The van der Waals surface area contributed by atoms with Crippen molar-refractivity contribution in [1.29, 1.82) is 0 Å². The fourth-order valence-electron chi connectivity index (χ4n) is 3.66. The third-order valence-corrected chi connectivity index (χ3v) is 6.05. The van der Waals surface area contributed by atoms with E-state index in [1.54, 1.807) is 0 Å². The largest absolute Gasteiger partial charge is 0.490 e. The number of alkyl halides is 3. The minimum atomic E-state index is -5.08. The molecule has 3 rings (SSSR count). The third-order valence-electron chi connectivity index (χ3n) is 4.97. The molecule has 1 aliphatic carbocycles. The molecule has 2 aliphatic rings. The Morgan fingerprint density at radius 3 is 2.33 bits per heavy atom. The molecule has 3 N–H and O–H groups in total. The molecule has 3 atom stereocenters. The highest BCUT2D eigenvalue weighted by atomic mass is 32.1. The Morgan fingerprint density at radius 1 is 1.22 bits per heavy atom. The number of hydrogen-bond acceptors (Lipinski definition) is 5. The maximum atomic E-state index is 11.0. The first-order valence-corrected chi connectivity index (χ1v) is 9.32. The van der Waals surface area contributed by atoms with Crippen LogP contribution in [-0.2, 0) is 11.3 Å². The van der Waals surface area contributed by atoms with Crippen LogP contribution >= 0.6 is 11.3 Å². The van der Waals surface area contributed by atoms with Gasteiger partial charge in [0.2, 0.25) is 0 Å². The molecule has 0 spiro atoms. The summed E-state index contributed by atoms with van der Waals surface area (Å²) < 4.78 is 31.7. The molecule has 0 radical (unpaired) electrons. The van der Waals surface area contributed by atoms with Gasteiger partial charge in [-0.3, -0.25) is 4.90 Å². The average Bonchev–Trinajstić information content (AvgIpc) is 3.10. The van der Waals surface area contributed by atoms with Crippen molar-refractivity contribution in [2.75, 3.05) is 13.1 Å². The number of likely N-dealkylation sites (tertiary alicyclic amines) is 1. The van der Waals surface area contributed by atoms with Crippen LogP contribution in [0.5, 0.6) is 0 Å². The molecule has 1 aromatic heterocycles. The zero-order valence-corrected chi connectivity index (χ0v) is 15.5. The van der Waals surface area contributed by atoms with E-state index in [4.69, 9.17) is 15.0 Å². The Balaban J connectivity index is 0.000000321. The first-order chi connectivity index (χ1) is 12.5. The Hall–Kier alpha value is -1.65. The van der Waals surface area contributed by atoms with Crippen LogP contribution < -0.4 is 0 Å². The number of carboxylic acid groups (broad SMARTS) is 2. The topological polar surface area (TPSA) is 98.1 Å². The maximum Gasteiger partial charge on any atom is 0.490 e. The van der Waals surface area contributed by atoms with Crippen LogP contribution in [-0.4, -0.2) is 57.5 Å². The van der Waals surface area contributed by atoms with Gasteiger partial charge in [-0.1, -0.05) is 0 Å². The van der Waals surface area contributed by atoms with Gasteiger partial charge in [0.05, 0.1) is 6.10 Å². The number of fused-ring (bicyclic) bond motifs is 1. The second-order valence-electron chi connectivity index (χ2n) is 6.98. The second-order valence-corrected chi connectivity index (χ2v) is 8.24. The van der Waals surface area contributed by atoms with Crippen molar-refractivity contribution in [1.82, 2.24) is 4.90 Å². The fraction of sp³-hybridized carbons (Fsp3) is 0.647. The quantitative estimate of drug-likeness (QED) is 0.710. The number of rotatable bonds is 3. The van der Waals surface area contributed by atoms with Gasteiger partial charge in [-0.05, 0) is 49.7 Å². The Morgan fingerprint density at radius 2 is 1.81 bits per heavy atom. The summed E-state index contributed by atoms with van der Waals surface area (Å²) in [6.45, 7) is 4.98. The predicted molar refractivity (Wildman–Crippen MR) is 91.8 cm³/mol. The zero-order valence-electron chi connectivity index (χ0n) is 14.7. The second kappa shape index (κ2) is 8.57. The predicted octanol–water partition coefficient (Wildman–Crippen LogP) is 2.98. The number of carboxylic acids is 2. The molecular weight excluding hydrogens is 387 g/mol. The number of halogens is 3. The van der Waals surface area contributed by atoms with Gasteiger partial charge in [0, 0.05) is 24.5 Å². The van der Waals surface area contributed by atoms with Crippen molar-refractivity contribution in [3.63, 3.8) is 0 Å². The van der Waals surface area contributed by atoms with E-state index in [0.717, 1.165) is 55.3 Å². The highest BCUT2D eigenvalue weighted by molar-refractivity contribution is 7.14. The van der Waals surface area contributed by atoms with E-state index >= 15 is 0 Å². The van der Waals surface area contributed by atoms with Crippen LogP contribution in [0.4, 0.5) is 13.2 Å². The summed E-state index contributed by atoms with van der Waals surface area (Å²) in [4.78, 5) is 23.9. The molecule has 1 saturated heterocycles. The molecule has 0 amide bonds. The minimum absolute atomic E-state index is 0.113. The summed E-state index contributed by atoms with van der Waals surface area (Å²) >= 11 is 1.37. The number of aliphatic hydroxyl groups is 1. The van der Waals surface area contributed by atoms with Gasteiger partial charge < -0.3 is 15.3 Å². The number of aliphatic carboxylic acids is 1. The van der Waals surface area contributed by atoms with E-state index in [1.807, 2.05) is 13.0 Å². The van der Waals surface area contributed by atoms with Gasteiger partial charge in [0.25, 0.3) is 0 Å².